The lowest BCUT2D eigenvalue weighted by atomic mass is 10.1. The molecule has 116 valence electrons. The van der Waals surface area contributed by atoms with Crippen LogP contribution in [0.1, 0.15) is 27.2 Å². The lowest BCUT2D eigenvalue weighted by Crippen LogP contribution is -2.13. The highest BCUT2D eigenvalue weighted by molar-refractivity contribution is 5.91. The van der Waals surface area contributed by atoms with Crippen LogP contribution < -0.4 is 10.4 Å². The lowest BCUT2D eigenvalue weighted by molar-refractivity contribution is 0.0464. The van der Waals surface area contributed by atoms with Crippen LogP contribution in [0.3, 0.4) is 0 Å². The van der Waals surface area contributed by atoms with Crippen molar-refractivity contribution < 1.29 is 23.1 Å². The molecule has 0 N–H and O–H groups in total. The monoisotopic (exact) mass is 306 g/mol. The van der Waals surface area contributed by atoms with Crippen LogP contribution in [0.2, 0.25) is 0 Å². The zero-order valence-corrected chi connectivity index (χ0v) is 12.4. The zero-order chi connectivity index (χ0) is 16.3. The Morgan fingerprint density at radius 3 is 2.64 bits per heavy atom. The zero-order valence-electron chi connectivity index (χ0n) is 12.4. The number of esters is 1. The number of hydrogen-bond acceptors (Lipinski definition) is 5. The second-order valence-electron chi connectivity index (χ2n) is 4.71. The fourth-order valence-electron chi connectivity index (χ4n) is 2.14. The van der Waals surface area contributed by atoms with E-state index in [9.17, 15) is 14.0 Å². The molecule has 1 aromatic heterocycles. The molecule has 6 heteroatoms. The first-order valence-corrected chi connectivity index (χ1v) is 6.53. The summed E-state index contributed by atoms with van der Waals surface area (Å²) in [6.07, 6.45) is 0. The fourth-order valence-corrected chi connectivity index (χ4v) is 2.14. The van der Waals surface area contributed by atoms with Crippen LogP contribution in [0.15, 0.2) is 33.5 Å². The van der Waals surface area contributed by atoms with Crippen molar-refractivity contribution in [3.05, 3.63) is 63.0 Å². The van der Waals surface area contributed by atoms with Gasteiger partial charge in [-0.1, -0.05) is 0 Å². The second-order valence-corrected chi connectivity index (χ2v) is 4.71. The highest BCUT2D eigenvalue weighted by Crippen LogP contribution is 2.21. The van der Waals surface area contributed by atoms with Crippen molar-refractivity contribution in [2.45, 2.75) is 20.5 Å². The number of ether oxygens (including phenoxy) is 2. The van der Waals surface area contributed by atoms with Crippen molar-refractivity contribution in [2.75, 3.05) is 7.11 Å². The molecule has 0 amide bonds. The molecule has 0 fully saturated rings. The maximum atomic E-state index is 13.3. The highest BCUT2D eigenvalue weighted by atomic mass is 19.1. The summed E-state index contributed by atoms with van der Waals surface area (Å²) in [5.74, 6) is -0.501. The average Bonchev–Trinajstić information content (AvgIpc) is 2.44. The van der Waals surface area contributed by atoms with Gasteiger partial charge in [0.25, 0.3) is 0 Å². The molecule has 0 atom stereocenters. The van der Waals surface area contributed by atoms with Crippen molar-refractivity contribution in [3.63, 3.8) is 0 Å². The van der Waals surface area contributed by atoms with Crippen molar-refractivity contribution >= 4 is 5.97 Å². The van der Waals surface area contributed by atoms with Crippen LogP contribution in [0.5, 0.6) is 5.75 Å². The lowest BCUT2D eigenvalue weighted by Gasteiger charge is -2.11. The fraction of sp³-hybridized carbons (Fsp3) is 0.250. The van der Waals surface area contributed by atoms with Crippen molar-refractivity contribution in [2.24, 2.45) is 0 Å². The molecule has 0 bridgehead atoms. The number of hydrogen-bond donors (Lipinski definition) is 0. The Kier molecular flexibility index (Phi) is 4.60. The van der Waals surface area contributed by atoms with Gasteiger partial charge in [0.2, 0.25) is 0 Å². The van der Waals surface area contributed by atoms with Crippen LogP contribution in [0, 0.1) is 19.7 Å². The summed E-state index contributed by atoms with van der Waals surface area (Å²) in [5, 5.41) is 0. The van der Waals surface area contributed by atoms with Gasteiger partial charge in [-0.05, 0) is 37.6 Å². The number of carbonyl (C=O) groups is 1. The summed E-state index contributed by atoms with van der Waals surface area (Å²) in [4.78, 5) is 23.3. The summed E-state index contributed by atoms with van der Waals surface area (Å²) in [5.41, 5.74) is 0.529. The van der Waals surface area contributed by atoms with Gasteiger partial charge in [-0.2, -0.15) is 0 Å². The average molecular weight is 306 g/mol. The van der Waals surface area contributed by atoms with Crippen LogP contribution in [-0.4, -0.2) is 13.1 Å². The summed E-state index contributed by atoms with van der Waals surface area (Å²) < 4.78 is 28.4. The summed E-state index contributed by atoms with van der Waals surface area (Å²) in [6, 6.07) is 5.16. The number of rotatable bonds is 4. The van der Waals surface area contributed by atoms with E-state index in [1.54, 1.807) is 6.92 Å². The molecule has 0 aliphatic rings. The molecule has 0 radical (unpaired) electrons. The number of carbonyl (C=O) groups excluding carboxylic acids is 1. The molecule has 0 saturated heterocycles. The SMILES string of the molecule is COc1ccc(F)cc1COC(=O)c1c(C)cc(=O)oc1C. The number of aryl methyl sites for hydroxylation is 2. The van der Waals surface area contributed by atoms with Gasteiger partial charge in [0.15, 0.2) is 0 Å². The van der Waals surface area contributed by atoms with Gasteiger partial charge in [-0.3, -0.25) is 0 Å². The van der Waals surface area contributed by atoms with E-state index < -0.39 is 17.4 Å². The topological polar surface area (TPSA) is 65.7 Å². The van der Waals surface area contributed by atoms with E-state index in [2.05, 4.69) is 0 Å². The van der Waals surface area contributed by atoms with E-state index in [1.807, 2.05) is 0 Å². The molecule has 0 spiro atoms. The smallest absolute Gasteiger partial charge is 0.342 e. The first-order chi connectivity index (χ1) is 10.4. The van der Waals surface area contributed by atoms with Gasteiger partial charge in [0.1, 0.15) is 29.5 Å². The third-order valence-electron chi connectivity index (χ3n) is 3.14. The van der Waals surface area contributed by atoms with Gasteiger partial charge >= 0.3 is 11.6 Å². The Morgan fingerprint density at radius 1 is 1.27 bits per heavy atom. The first-order valence-electron chi connectivity index (χ1n) is 6.53. The summed E-state index contributed by atoms with van der Waals surface area (Å²) in [6.45, 7) is 2.97. The maximum absolute atomic E-state index is 13.3. The first kappa shape index (κ1) is 15.8. The molecular formula is C16H15FO5. The molecule has 1 aromatic carbocycles. The van der Waals surface area contributed by atoms with Gasteiger partial charge in [0.05, 0.1) is 7.11 Å². The van der Waals surface area contributed by atoms with E-state index in [4.69, 9.17) is 13.9 Å². The van der Waals surface area contributed by atoms with Gasteiger partial charge in [-0.25, -0.2) is 14.0 Å². The predicted molar refractivity (Wildman–Crippen MR) is 76.5 cm³/mol. The van der Waals surface area contributed by atoms with Crippen LogP contribution in [0.25, 0.3) is 0 Å². The highest BCUT2D eigenvalue weighted by Gasteiger charge is 2.17. The molecule has 1 heterocycles. The molecule has 2 rings (SSSR count). The minimum Gasteiger partial charge on any atom is -0.496 e. The van der Waals surface area contributed by atoms with E-state index in [0.717, 1.165) is 0 Å². The van der Waals surface area contributed by atoms with Crippen LogP contribution >= 0.6 is 0 Å². The summed E-state index contributed by atoms with van der Waals surface area (Å²) >= 11 is 0. The largest absolute Gasteiger partial charge is 0.496 e. The quantitative estimate of drug-likeness (QED) is 0.813. The van der Waals surface area contributed by atoms with Gasteiger partial charge < -0.3 is 13.9 Å². The minimum absolute atomic E-state index is 0.155. The predicted octanol–water partition coefficient (Wildman–Crippen LogP) is 2.76. The number of halogens is 1. The third-order valence-corrected chi connectivity index (χ3v) is 3.14. The molecule has 22 heavy (non-hydrogen) atoms. The van der Waals surface area contributed by atoms with Crippen molar-refractivity contribution in [3.8, 4) is 5.75 Å². The molecule has 0 saturated carbocycles. The molecular weight excluding hydrogens is 291 g/mol. The van der Waals surface area contributed by atoms with E-state index in [0.29, 0.717) is 16.9 Å². The summed E-state index contributed by atoms with van der Waals surface area (Å²) in [7, 11) is 1.44. The van der Waals surface area contributed by atoms with E-state index in [-0.39, 0.29) is 17.9 Å². The second kappa shape index (κ2) is 6.43. The van der Waals surface area contributed by atoms with Crippen molar-refractivity contribution in [1.29, 1.82) is 0 Å². The minimum atomic E-state index is -0.648. The van der Waals surface area contributed by atoms with Gasteiger partial charge in [0, 0.05) is 11.6 Å². The Hall–Kier alpha value is -2.63. The molecule has 2 aromatic rings. The Bertz CT molecular complexity index is 737. The molecule has 0 unspecified atom stereocenters. The van der Waals surface area contributed by atoms with Crippen LogP contribution in [0.4, 0.5) is 4.39 Å². The van der Waals surface area contributed by atoms with Crippen molar-refractivity contribution in [1.82, 2.24) is 0 Å². The Labute approximate surface area is 126 Å². The van der Waals surface area contributed by atoms with Crippen LogP contribution in [-0.2, 0) is 11.3 Å². The molecule has 5 nitrogen and oxygen atoms in total. The van der Waals surface area contributed by atoms with E-state index >= 15 is 0 Å². The maximum Gasteiger partial charge on any atom is 0.342 e. The number of benzene rings is 1. The standard InChI is InChI=1S/C16H15FO5/c1-9-6-14(18)22-10(2)15(9)16(19)21-8-11-7-12(17)4-5-13(11)20-3/h4-7H,8H2,1-3H3. The van der Waals surface area contributed by atoms with E-state index in [1.165, 1.54) is 38.3 Å². The Morgan fingerprint density at radius 2 is 2.00 bits per heavy atom. The normalized spacial score (nSPS) is 10.4. The van der Waals surface area contributed by atoms with Gasteiger partial charge in [-0.15, -0.1) is 0 Å². The third kappa shape index (κ3) is 3.33. The molecule has 0 aliphatic heterocycles. The Balaban J connectivity index is 2.21. The molecule has 0 aliphatic carbocycles. The number of methoxy groups -OCH3 is 1.